The summed E-state index contributed by atoms with van der Waals surface area (Å²) >= 11 is 5.91. The lowest BCUT2D eigenvalue weighted by molar-refractivity contribution is 0.104. The van der Waals surface area contributed by atoms with Crippen LogP contribution in [0.4, 0.5) is 4.39 Å². The third kappa shape index (κ3) is 3.86. The number of phenolic OH excluding ortho intramolecular Hbond substituents is 1. The van der Waals surface area contributed by atoms with Gasteiger partial charge in [0.15, 0.2) is 17.3 Å². The van der Waals surface area contributed by atoms with Crippen molar-refractivity contribution in [2.24, 2.45) is 0 Å². The summed E-state index contributed by atoms with van der Waals surface area (Å²) in [5.74, 6) is -0.538. The van der Waals surface area contributed by atoms with Crippen molar-refractivity contribution in [3.63, 3.8) is 0 Å². The minimum Gasteiger partial charge on any atom is -0.503 e. The zero-order chi connectivity index (χ0) is 16.1. The molecule has 0 fully saturated rings. The smallest absolute Gasteiger partial charge is 0.185 e. The number of carbonyl (C=O) groups is 1. The van der Waals surface area contributed by atoms with Crippen LogP contribution in [0.1, 0.15) is 22.8 Å². The summed E-state index contributed by atoms with van der Waals surface area (Å²) in [6.45, 7) is 2.17. The summed E-state index contributed by atoms with van der Waals surface area (Å²) in [5, 5.41) is 9.89. The van der Waals surface area contributed by atoms with Crippen LogP contribution in [-0.2, 0) is 0 Å². The standard InChI is InChI=1S/C17H14ClFO3/c1-2-22-16-10-11(9-14(18)17(16)21)3-8-15(20)12-4-6-13(19)7-5-12/h3-10,21H,2H2,1H3/b8-3+. The predicted octanol–water partition coefficient (Wildman–Crippen LogP) is 4.48. The van der Waals surface area contributed by atoms with Crippen LogP contribution in [-0.4, -0.2) is 17.5 Å². The maximum atomic E-state index is 12.8. The largest absolute Gasteiger partial charge is 0.503 e. The molecule has 0 radical (unpaired) electrons. The molecule has 0 saturated heterocycles. The summed E-state index contributed by atoms with van der Waals surface area (Å²) < 4.78 is 18.1. The number of carbonyl (C=O) groups excluding carboxylic acids is 1. The van der Waals surface area contributed by atoms with Gasteiger partial charge in [0, 0.05) is 5.56 Å². The average Bonchev–Trinajstić information content (AvgIpc) is 2.50. The molecule has 5 heteroatoms. The fraction of sp³-hybridized carbons (Fsp3) is 0.118. The van der Waals surface area contributed by atoms with Crippen LogP contribution < -0.4 is 4.74 Å². The van der Waals surface area contributed by atoms with Crippen LogP contribution in [0.25, 0.3) is 6.08 Å². The maximum absolute atomic E-state index is 12.8. The number of hydrogen-bond acceptors (Lipinski definition) is 3. The van der Waals surface area contributed by atoms with Gasteiger partial charge in [-0.2, -0.15) is 0 Å². The molecule has 0 bridgehead atoms. The van der Waals surface area contributed by atoms with Crippen molar-refractivity contribution in [1.29, 1.82) is 0 Å². The van der Waals surface area contributed by atoms with Gasteiger partial charge >= 0.3 is 0 Å². The average molecular weight is 321 g/mol. The second-order valence-electron chi connectivity index (χ2n) is 4.49. The molecule has 1 N–H and O–H groups in total. The fourth-order valence-corrected chi connectivity index (χ4v) is 2.06. The summed E-state index contributed by atoms with van der Waals surface area (Å²) in [4.78, 5) is 12.0. The first-order valence-corrected chi connectivity index (χ1v) is 7.02. The molecule has 2 aromatic carbocycles. The lowest BCUT2D eigenvalue weighted by atomic mass is 10.1. The first-order valence-electron chi connectivity index (χ1n) is 6.64. The highest BCUT2D eigenvalue weighted by atomic mass is 35.5. The molecule has 0 aromatic heterocycles. The van der Waals surface area contributed by atoms with E-state index < -0.39 is 5.82 Å². The van der Waals surface area contributed by atoms with Gasteiger partial charge < -0.3 is 9.84 Å². The molecule has 0 aliphatic carbocycles. The van der Waals surface area contributed by atoms with Crippen LogP contribution in [0, 0.1) is 5.82 Å². The summed E-state index contributed by atoms with van der Waals surface area (Å²) in [6, 6.07) is 8.39. The van der Waals surface area contributed by atoms with Crippen molar-refractivity contribution in [2.75, 3.05) is 6.61 Å². The summed E-state index contributed by atoms with van der Waals surface area (Å²) in [6.07, 6.45) is 2.91. The van der Waals surface area contributed by atoms with E-state index in [1.165, 1.54) is 36.4 Å². The van der Waals surface area contributed by atoms with Gasteiger partial charge in [0.1, 0.15) is 5.82 Å². The Labute approximate surface area is 132 Å². The van der Waals surface area contributed by atoms with E-state index in [0.29, 0.717) is 17.7 Å². The highest BCUT2D eigenvalue weighted by molar-refractivity contribution is 6.32. The zero-order valence-corrected chi connectivity index (χ0v) is 12.6. The second-order valence-corrected chi connectivity index (χ2v) is 4.89. The highest BCUT2D eigenvalue weighted by Gasteiger charge is 2.09. The number of ketones is 1. The number of benzene rings is 2. The van der Waals surface area contributed by atoms with E-state index in [4.69, 9.17) is 16.3 Å². The molecule has 2 rings (SSSR count). The molecular weight excluding hydrogens is 307 g/mol. The van der Waals surface area contributed by atoms with Gasteiger partial charge in [-0.1, -0.05) is 17.7 Å². The van der Waals surface area contributed by atoms with Gasteiger partial charge in [0.25, 0.3) is 0 Å². The summed E-state index contributed by atoms with van der Waals surface area (Å²) in [5.41, 5.74) is 0.995. The van der Waals surface area contributed by atoms with Gasteiger partial charge in [-0.25, -0.2) is 4.39 Å². The van der Waals surface area contributed by atoms with Crippen LogP contribution in [0.15, 0.2) is 42.5 Å². The van der Waals surface area contributed by atoms with E-state index >= 15 is 0 Å². The molecule has 0 aliphatic rings. The normalized spacial score (nSPS) is 10.9. The molecule has 0 aliphatic heterocycles. The van der Waals surface area contributed by atoms with E-state index in [0.717, 1.165) is 0 Å². The van der Waals surface area contributed by atoms with Crippen LogP contribution in [0.5, 0.6) is 11.5 Å². The van der Waals surface area contributed by atoms with Crippen LogP contribution >= 0.6 is 11.6 Å². The molecule has 22 heavy (non-hydrogen) atoms. The molecule has 114 valence electrons. The number of phenols is 1. The number of aromatic hydroxyl groups is 1. The van der Waals surface area contributed by atoms with E-state index in [1.807, 2.05) is 0 Å². The van der Waals surface area contributed by atoms with Gasteiger partial charge in [0.05, 0.1) is 11.6 Å². The van der Waals surface area contributed by atoms with E-state index in [2.05, 4.69) is 0 Å². The van der Waals surface area contributed by atoms with Crippen molar-refractivity contribution in [3.05, 3.63) is 64.4 Å². The van der Waals surface area contributed by atoms with Gasteiger partial charge in [0.2, 0.25) is 0 Å². The monoisotopic (exact) mass is 320 g/mol. The number of halogens is 2. The number of ether oxygens (including phenoxy) is 1. The third-order valence-electron chi connectivity index (χ3n) is 2.91. The van der Waals surface area contributed by atoms with E-state index in [9.17, 15) is 14.3 Å². The Morgan fingerprint density at radius 1 is 1.32 bits per heavy atom. The number of rotatable bonds is 5. The predicted molar refractivity (Wildman–Crippen MR) is 84.1 cm³/mol. The molecular formula is C17H14ClFO3. The van der Waals surface area contributed by atoms with Gasteiger partial charge in [-0.15, -0.1) is 0 Å². The van der Waals surface area contributed by atoms with E-state index in [-0.39, 0.29) is 22.3 Å². The zero-order valence-electron chi connectivity index (χ0n) is 11.8. The molecule has 0 heterocycles. The van der Waals surface area contributed by atoms with Crippen molar-refractivity contribution in [1.82, 2.24) is 0 Å². The molecule has 0 atom stereocenters. The van der Waals surface area contributed by atoms with Crippen molar-refractivity contribution >= 4 is 23.5 Å². The van der Waals surface area contributed by atoms with Crippen molar-refractivity contribution in [3.8, 4) is 11.5 Å². The van der Waals surface area contributed by atoms with Gasteiger partial charge in [-0.3, -0.25) is 4.79 Å². The lowest BCUT2D eigenvalue weighted by Gasteiger charge is -2.08. The Hall–Kier alpha value is -2.33. The molecule has 3 nitrogen and oxygen atoms in total. The molecule has 0 spiro atoms. The minimum absolute atomic E-state index is 0.134. The molecule has 0 amide bonds. The first-order chi connectivity index (χ1) is 10.5. The number of hydrogen-bond donors (Lipinski definition) is 1. The van der Waals surface area contributed by atoms with Crippen LogP contribution in [0.3, 0.4) is 0 Å². The summed E-state index contributed by atoms with van der Waals surface area (Å²) in [7, 11) is 0. The highest BCUT2D eigenvalue weighted by Crippen LogP contribution is 2.35. The minimum atomic E-state index is -0.396. The first kappa shape index (κ1) is 16.0. The molecule has 2 aromatic rings. The van der Waals surface area contributed by atoms with Crippen molar-refractivity contribution in [2.45, 2.75) is 6.92 Å². The fourth-order valence-electron chi connectivity index (χ4n) is 1.84. The van der Waals surface area contributed by atoms with Crippen LogP contribution in [0.2, 0.25) is 5.02 Å². The Bertz CT molecular complexity index is 709. The van der Waals surface area contributed by atoms with Crippen molar-refractivity contribution < 1.29 is 19.0 Å². The quantitative estimate of drug-likeness (QED) is 0.652. The Morgan fingerprint density at radius 2 is 2.00 bits per heavy atom. The Kier molecular flexibility index (Phi) is 5.17. The second kappa shape index (κ2) is 7.09. The topological polar surface area (TPSA) is 46.5 Å². The van der Waals surface area contributed by atoms with E-state index in [1.54, 1.807) is 19.1 Å². The van der Waals surface area contributed by atoms with Gasteiger partial charge in [-0.05, 0) is 55.0 Å². The maximum Gasteiger partial charge on any atom is 0.185 e. The lowest BCUT2D eigenvalue weighted by Crippen LogP contribution is -1.95. The molecule has 0 saturated carbocycles. The SMILES string of the molecule is CCOc1cc(/C=C/C(=O)c2ccc(F)cc2)cc(Cl)c1O. The third-order valence-corrected chi connectivity index (χ3v) is 3.19. The molecule has 0 unspecified atom stereocenters. The number of allylic oxidation sites excluding steroid dienone is 1. The Balaban J connectivity index is 2.22. The Morgan fingerprint density at radius 3 is 2.64 bits per heavy atom.